The molecule has 0 saturated carbocycles. The smallest absolute Gasteiger partial charge is 0.311 e. The van der Waals surface area contributed by atoms with Gasteiger partial charge in [-0.1, -0.05) is 91.7 Å². The fraction of sp³-hybridized carbons (Fsp3) is 0.875. The Kier molecular flexibility index (Phi) is 39.1. The zero-order valence-corrected chi connectivity index (χ0v) is 59.4. The van der Waals surface area contributed by atoms with Crippen molar-refractivity contribution in [1.29, 1.82) is 0 Å². The maximum Gasteiger partial charge on any atom is 0.311 e. The lowest BCUT2D eigenvalue weighted by Gasteiger charge is -2.50. The zero-order chi connectivity index (χ0) is 71.8. The average Bonchev–Trinajstić information content (AvgIpc) is 0.788. The van der Waals surface area contributed by atoms with Crippen molar-refractivity contribution in [3.63, 3.8) is 0 Å². The molecule has 95 heavy (non-hydrogen) atoms. The van der Waals surface area contributed by atoms with Gasteiger partial charge in [-0.2, -0.15) is 0 Å². The fourth-order valence-corrected chi connectivity index (χ4v) is 13.4. The maximum atomic E-state index is 13.7. The predicted molar refractivity (Wildman–Crippen MR) is 360 cm³/mol. The second kappa shape index (κ2) is 42.8. The lowest BCUT2D eigenvalue weighted by Crippen LogP contribution is -2.64. The number of fused-ring (bicyclic) bond motifs is 2. The van der Waals surface area contributed by atoms with Gasteiger partial charge in [-0.25, -0.2) is 0 Å². The third-order valence-corrected chi connectivity index (χ3v) is 20.6. The molecule has 0 aromatic heterocycles. The Bertz CT molecular complexity index is 2260. The van der Waals surface area contributed by atoms with E-state index < -0.39 is 182 Å². The van der Waals surface area contributed by atoms with Crippen LogP contribution in [0.3, 0.4) is 0 Å². The molecule has 0 aromatic carbocycles. The van der Waals surface area contributed by atoms with Gasteiger partial charge >= 0.3 is 5.97 Å². The van der Waals surface area contributed by atoms with E-state index >= 15 is 0 Å². The highest BCUT2D eigenvalue weighted by atomic mass is 16.7. The molecular weight excluding hydrogens is 1230 g/mol. The lowest BCUT2D eigenvalue weighted by molar-refractivity contribution is -0.351. The highest BCUT2D eigenvalue weighted by Crippen LogP contribution is 2.42. The van der Waals surface area contributed by atoms with E-state index in [0.29, 0.717) is 42.7 Å². The van der Waals surface area contributed by atoms with Gasteiger partial charge in [0.05, 0.1) is 122 Å². The second-order valence-electron chi connectivity index (χ2n) is 29.6. The zero-order valence-electron chi connectivity index (χ0n) is 59.4. The summed E-state index contributed by atoms with van der Waals surface area (Å²) in [6.45, 7) is 19.3. The standard InChI is InChI=1S/C72H131NO22/c1-40(2)19-16-21-50-33-43(5)62(85)36-52(75)23-18-26-57(80)45(7)56(79)24-15-14-20-42(4)67(87)47(9)63-38-64(94-71-70(90)66(73(12)13)68(88)49(11)93-71)48(10)72(91,95-63)39-65(86)92-44(6)28-29-53(76)34-51(74)22-17-25-58(81)46(8)59(82)31-27-41(3)61(84)37-55(78)35-54(77)30-32-60(83)69(50)89/h14-15,20,28-29,33,40-41,44-64,66-71,74-85,87-91H,16-19,21-27,30-32,34-39H2,1-13H3/b15-14+,29-28+,42-20+,43-33+/t41-,44?,45-,46+,47+,48+,49+,50-,51-,52+,53+,54+,55-,56+,57-,58-,59+,60?,61+,62-,63-,64-,66-,67+,68+,69+,70+,71?,72?/m0/s1. The number of cyclic esters (lactones) is 1. The number of likely N-dealkylation sites (N-methyl/N-ethyl adjacent to an activating group) is 1. The number of aliphatic hydroxyl groups excluding tert-OH is 16. The molecule has 0 aromatic rings. The third kappa shape index (κ3) is 29.6. The molecular formula is C72H131NO22. The minimum atomic E-state index is -2.26. The Hall–Kier alpha value is -2.41. The quantitative estimate of drug-likeness (QED) is 0.126. The molecule has 0 spiro atoms. The van der Waals surface area contributed by atoms with Crippen LogP contribution in [0.25, 0.3) is 0 Å². The highest BCUT2D eigenvalue weighted by Gasteiger charge is 2.53. The van der Waals surface area contributed by atoms with Crippen LogP contribution in [0.1, 0.15) is 205 Å². The predicted octanol–water partition coefficient (Wildman–Crippen LogP) is 4.11. The molecule has 3 aliphatic rings. The van der Waals surface area contributed by atoms with Crippen LogP contribution in [0.2, 0.25) is 0 Å². The SMILES string of the molecule is C/C1=C\C=C\C[C@@H](O)[C@H](C)[C@@H](O)CCC[C@@H](O)C[C@H](O)/C(C)=C/[C@H](CCCC(C)C)[C@@H](O)C(O)CC[C@@H](O)C[C@H](O)C[C@@H](O)[C@@H](C)CC[C@@H](O)[C@H](C)[C@@H](O)CCC[C@H](O)C[C@H](O)/C=C/C(C)OC(=O)CC2(O)O[C@@H](C[C@H](OC3O[C@H](C)[C@@H](O)[C@H](N(C)C)[C@H]3O)[C@H]2C)[C@@H](C)[C@@H]1O. The molecule has 0 aliphatic carbocycles. The van der Waals surface area contributed by atoms with Crippen LogP contribution in [0.5, 0.6) is 0 Å². The van der Waals surface area contributed by atoms with Crippen LogP contribution in [-0.4, -0.2) is 252 Å². The second-order valence-corrected chi connectivity index (χ2v) is 29.6. The summed E-state index contributed by atoms with van der Waals surface area (Å²) in [5.41, 5.74) is 0.995. The topological polar surface area (TPSA) is 401 Å². The molecule has 23 heteroatoms. The Morgan fingerprint density at radius 2 is 1.19 bits per heavy atom. The Morgan fingerprint density at radius 1 is 0.611 bits per heavy atom. The monoisotopic (exact) mass is 1360 g/mol. The van der Waals surface area contributed by atoms with Crippen molar-refractivity contribution in [2.75, 3.05) is 14.1 Å². The summed E-state index contributed by atoms with van der Waals surface area (Å²) >= 11 is 0. The molecule has 4 unspecified atom stereocenters. The van der Waals surface area contributed by atoms with Gasteiger partial charge < -0.3 is 111 Å². The Morgan fingerprint density at radius 3 is 1.80 bits per heavy atom. The van der Waals surface area contributed by atoms with E-state index in [2.05, 4.69) is 13.8 Å². The van der Waals surface area contributed by atoms with Crippen LogP contribution in [0, 0.1) is 41.4 Å². The highest BCUT2D eigenvalue weighted by molar-refractivity contribution is 5.71. The molecule has 17 N–H and O–H groups in total. The lowest BCUT2D eigenvalue weighted by atomic mass is 9.80. The van der Waals surface area contributed by atoms with E-state index in [1.54, 1.807) is 106 Å². The first-order valence-corrected chi connectivity index (χ1v) is 35.5. The molecule has 23 nitrogen and oxygen atoms in total. The van der Waals surface area contributed by atoms with E-state index in [1.165, 1.54) is 12.2 Å². The van der Waals surface area contributed by atoms with Crippen LogP contribution in [0.15, 0.2) is 47.6 Å². The van der Waals surface area contributed by atoms with E-state index in [-0.39, 0.29) is 89.4 Å². The molecule has 29 atom stereocenters. The number of carbonyl (C=O) groups is 1. The van der Waals surface area contributed by atoms with Crippen molar-refractivity contribution in [3.05, 3.63) is 47.6 Å². The van der Waals surface area contributed by atoms with Crippen molar-refractivity contribution >= 4 is 5.97 Å². The van der Waals surface area contributed by atoms with Crippen LogP contribution in [0.4, 0.5) is 0 Å². The normalized spacial score (nSPS) is 44.8. The number of aliphatic hydroxyl groups is 17. The Balaban J connectivity index is 1.86. The van der Waals surface area contributed by atoms with Crippen molar-refractivity contribution in [2.45, 2.75) is 345 Å². The van der Waals surface area contributed by atoms with Crippen molar-refractivity contribution < 1.29 is 111 Å². The number of esters is 1. The maximum absolute atomic E-state index is 13.7. The molecule has 0 radical (unpaired) electrons. The minimum absolute atomic E-state index is 0.00761. The molecule has 3 heterocycles. The first-order valence-electron chi connectivity index (χ1n) is 35.5. The number of hydrogen-bond acceptors (Lipinski definition) is 23. The van der Waals surface area contributed by atoms with Crippen LogP contribution < -0.4 is 0 Å². The summed E-state index contributed by atoms with van der Waals surface area (Å²) in [4.78, 5) is 15.4. The summed E-state index contributed by atoms with van der Waals surface area (Å²) in [6, 6.07) is -0.781. The number of rotatable bonds is 7. The molecule has 2 fully saturated rings. The molecule has 3 aliphatic heterocycles. The van der Waals surface area contributed by atoms with Gasteiger partial charge in [-0.05, 0) is 161 Å². The Labute approximate surface area is 567 Å². The number of ether oxygens (including phenoxy) is 4. The molecule has 3 rings (SSSR count). The number of nitrogens with zero attached hydrogens (tertiary/aromatic N) is 1. The van der Waals surface area contributed by atoms with E-state index in [1.807, 2.05) is 0 Å². The van der Waals surface area contributed by atoms with E-state index in [9.17, 15) is 91.6 Å². The van der Waals surface area contributed by atoms with E-state index in [0.717, 1.165) is 12.8 Å². The number of carbonyl (C=O) groups excluding carboxylic acids is 1. The first kappa shape index (κ1) is 86.8. The summed E-state index contributed by atoms with van der Waals surface area (Å²) in [7, 11) is 3.40. The van der Waals surface area contributed by atoms with Gasteiger partial charge in [0, 0.05) is 48.9 Å². The van der Waals surface area contributed by atoms with Gasteiger partial charge in [0.25, 0.3) is 0 Å². The fourth-order valence-electron chi connectivity index (χ4n) is 13.4. The third-order valence-electron chi connectivity index (χ3n) is 20.6. The molecule has 556 valence electrons. The summed E-state index contributed by atoms with van der Waals surface area (Å²) in [5, 5.41) is 190. The minimum Gasteiger partial charge on any atom is -0.458 e. The van der Waals surface area contributed by atoms with Gasteiger partial charge in [-0.15, -0.1) is 0 Å². The molecule has 2 saturated heterocycles. The number of hydrogen-bond donors (Lipinski definition) is 17. The molecule has 2 bridgehead atoms. The first-order chi connectivity index (χ1) is 44.4. The summed E-state index contributed by atoms with van der Waals surface area (Å²) in [5.74, 6) is -6.50. The van der Waals surface area contributed by atoms with Gasteiger partial charge in [-0.3, -0.25) is 4.79 Å². The van der Waals surface area contributed by atoms with Gasteiger partial charge in [0.1, 0.15) is 12.2 Å². The van der Waals surface area contributed by atoms with Crippen LogP contribution in [-0.2, 0) is 23.7 Å². The van der Waals surface area contributed by atoms with Crippen molar-refractivity contribution in [3.8, 4) is 0 Å². The number of allylic oxidation sites excluding steroid dienone is 2. The summed E-state index contributed by atoms with van der Waals surface area (Å²) in [6.07, 6.45) is -8.64. The van der Waals surface area contributed by atoms with Gasteiger partial charge in [0.2, 0.25) is 0 Å². The summed E-state index contributed by atoms with van der Waals surface area (Å²) < 4.78 is 24.5. The average molecular weight is 1360 g/mol. The largest absolute Gasteiger partial charge is 0.458 e. The van der Waals surface area contributed by atoms with Crippen LogP contribution >= 0.6 is 0 Å². The van der Waals surface area contributed by atoms with Gasteiger partial charge in [0.15, 0.2) is 12.1 Å². The molecule has 0 amide bonds. The van der Waals surface area contributed by atoms with Crippen molar-refractivity contribution in [2.24, 2.45) is 41.4 Å². The van der Waals surface area contributed by atoms with Crippen molar-refractivity contribution in [1.82, 2.24) is 4.90 Å². The van der Waals surface area contributed by atoms with E-state index in [4.69, 9.17) is 18.9 Å².